The van der Waals surface area contributed by atoms with Gasteiger partial charge >= 0.3 is 0 Å². The molecule has 0 spiro atoms. The highest BCUT2D eigenvalue weighted by Gasteiger charge is 2.28. The standard InChI is InChI=1S/C25H32N6O7/c26-18(10-16-6-8-17(33)9-7-16)23(36)31-20(14-32)25(38)30-19(11-15-4-2-1-3-5-15)24(37)29-13-22(35)28-12-21(27)34/h1-9,18-20,32-33H,10-14,26H2,(H2,27,34)(H,28,35)(H,29,37)(H,30,38)(H,31,36)/t18-,19-,20+/m0/s1. The Kier molecular flexibility index (Phi) is 11.7. The number of rotatable bonds is 14. The van der Waals surface area contributed by atoms with Crippen LogP contribution >= 0.6 is 0 Å². The lowest BCUT2D eigenvalue weighted by molar-refractivity contribution is -0.133. The van der Waals surface area contributed by atoms with Crippen LogP contribution < -0.4 is 32.7 Å². The third-order valence-corrected chi connectivity index (χ3v) is 5.34. The molecular formula is C25H32N6O7. The Morgan fingerprint density at radius 2 is 1.34 bits per heavy atom. The van der Waals surface area contributed by atoms with Crippen molar-refractivity contribution in [2.75, 3.05) is 19.7 Å². The summed E-state index contributed by atoms with van der Waals surface area (Å²) in [5.74, 6) is -3.61. The number of phenolic OH excluding ortho intramolecular Hbond substituents is 1. The molecule has 13 heteroatoms. The van der Waals surface area contributed by atoms with Crippen LogP contribution in [0.1, 0.15) is 11.1 Å². The molecule has 38 heavy (non-hydrogen) atoms. The van der Waals surface area contributed by atoms with Gasteiger partial charge in [0.25, 0.3) is 0 Å². The quantitative estimate of drug-likeness (QED) is 0.127. The van der Waals surface area contributed by atoms with Crippen LogP contribution in [0.4, 0.5) is 0 Å². The van der Waals surface area contributed by atoms with Crippen molar-refractivity contribution in [2.45, 2.75) is 31.0 Å². The normalized spacial score (nSPS) is 12.9. The summed E-state index contributed by atoms with van der Waals surface area (Å²) in [5.41, 5.74) is 12.3. The van der Waals surface area contributed by atoms with Gasteiger partial charge in [-0.3, -0.25) is 24.0 Å². The number of carbonyl (C=O) groups is 5. The maximum atomic E-state index is 12.9. The van der Waals surface area contributed by atoms with Gasteiger partial charge in [0.1, 0.15) is 17.8 Å². The van der Waals surface area contributed by atoms with Crippen molar-refractivity contribution < 1.29 is 34.2 Å². The van der Waals surface area contributed by atoms with Gasteiger partial charge in [0.05, 0.1) is 25.7 Å². The highest BCUT2D eigenvalue weighted by molar-refractivity contribution is 5.94. The first-order valence-corrected chi connectivity index (χ1v) is 11.7. The van der Waals surface area contributed by atoms with Crippen molar-refractivity contribution >= 4 is 29.5 Å². The zero-order valence-electron chi connectivity index (χ0n) is 20.6. The molecule has 0 radical (unpaired) electrons. The van der Waals surface area contributed by atoms with E-state index in [1.165, 1.54) is 12.1 Å². The molecule has 0 bridgehead atoms. The molecule has 0 saturated carbocycles. The van der Waals surface area contributed by atoms with Gasteiger partial charge < -0.3 is 42.9 Å². The zero-order chi connectivity index (χ0) is 28.1. The van der Waals surface area contributed by atoms with E-state index in [4.69, 9.17) is 11.5 Å². The van der Waals surface area contributed by atoms with Gasteiger partial charge in [-0.2, -0.15) is 0 Å². The second kappa shape index (κ2) is 14.9. The second-order valence-electron chi connectivity index (χ2n) is 8.43. The lowest BCUT2D eigenvalue weighted by atomic mass is 10.0. The van der Waals surface area contributed by atoms with E-state index in [1.54, 1.807) is 42.5 Å². The molecule has 0 aliphatic rings. The number of benzene rings is 2. The first-order valence-electron chi connectivity index (χ1n) is 11.7. The van der Waals surface area contributed by atoms with Gasteiger partial charge in [0, 0.05) is 6.42 Å². The first kappa shape index (κ1) is 29.7. The smallest absolute Gasteiger partial charge is 0.245 e. The Hall–Kier alpha value is -4.49. The van der Waals surface area contributed by atoms with Crippen molar-refractivity contribution in [3.05, 3.63) is 65.7 Å². The van der Waals surface area contributed by atoms with Crippen LogP contribution in [-0.2, 0) is 36.8 Å². The number of aliphatic hydroxyl groups excluding tert-OH is 1. The minimum absolute atomic E-state index is 0.0494. The molecule has 2 aromatic carbocycles. The third-order valence-electron chi connectivity index (χ3n) is 5.34. The predicted molar refractivity (Wildman–Crippen MR) is 136 cm³/mol. The van der Waals surface area contributed by atoms with Gasteiger partial charge in [-0.15, -0.1) is 0 Å². The number of phenols is 1. The summed E-state index contributed by atoms with van der Waals surface area (Å²) in [6, 6.07) is 11.2. The fraction of sp³-hybridized carbons (Fsp3) is 0.320. The van der Waals surface area contributed by atoms with E-state index < -0.39 is 67.4 Å². The lowest BCUT2D eigenvalue weighted by Gasteiger charge is -2.23. The summed E-state index contributed by atoms with van der Waals surface area (Å²) in [7, 11) is 0. The molecule has 13 nitrogen and oxygen atoms in total. The average Bonchev–Trinajstić information content (AvgIpc) is 2.90. The Morgan fingerprint density at radius 1 is 0.737 bits per heavy atom. The lowest BCUT2D eigenvalue weighted by Crippen LogP contribution is -2.58. The number of aromatic hydroxyl groups is 1. The summed E-state index contributed by atoms with van der Waals surface area (Å²) < 4.78 is 0. The van der Waals surface area contributed by atoms with Crippen molar-refractivity contribution in [1.82, 2.24) is 21.3 Å². The highest BCUT2D eigenvalue weighted by Crippen LogP contribution is 2.11. The SMILES string of the molecule is NC(=O)CNC(=O)CNC(=O)[C@H](Cc1ccccc1)NC(=O)[C@@H](CO)NC(=O)[C@@H](N)Cc1ccc(O)cc1. The van der Waals surface area contributed by atoms with Crippen molar-refractivity contribution in [3.63, 3.8) is 0 Å². The van der Waals surface area contributed by atoms with Crippen molar-refractivity contribution in [2.24, 2.45) is 11.5 Å². The van der Waals surface area contributed by atoms with Crippen LogP contribution in [0.5, 0.6) is 5.75 Å². The molecule has 2 aromatic rings. The van der Waals surface area contributed by atoms with Gasteiger partial charge in [0.2, 0.25) is 29.5 Å². The zero-order valence-corrected chi connectivity index (χ0v) is 20.6. The van der Waals surface area contributed by atoms with Crippen LogP contribution in [0, 0.1) is 0 Å². The number of nitrogens with two attached hydrogens (primary N) is 2. The van der Waals surface area contributed by atoms with E-state index in [-0.39, 0.29) is 18.6 Å². The van der Waals surface area contributed by atoms with E-state index >= 15 is 0 Å². The number of hydrogen-bond acceptors (Lipinski definition) is 8. The van der Waals surface area contributed by atoms with Crippen LogP contribution in [0.2, 0.25) is 0 Å². The Bertz CT molecular complexity index is 1110. The number of amides is 5. The largest absolute Gasteiger partial charge is 0.508 e. The van der Waals surface area contributed by atoms with Gasteiger partial charge in [-0.05, 0) is 29.7 Å². The highest BCUT2D eigenvalue weighted by atomic mass is 16.3. The number of primary amides is 1. The number of hydrogen-bond donors (Lipinski definition) is 8. The molecule has 0 aromatic heterocycles. The van der Waals surface area contributed by atoms with Gasteiger partial charge in [-0.1, -0.05) is 42.5 Å². The molecule has 0 heterocycles. The number of nitrogens with one attached hydrogen (secondary N) is 4. The monoisotopic (exact) mass is 528 g/mol. The molecular weight excluding hydrogens is 496 g/mol. The van der Waals surface area contributed by atoms with Crippen LogP contribution in [0.3, 0.4) is 0 Å². The van der Waals surface area contributed by atoms with E-state index in [0.717, 1.165) is 0 Å². The molecule has 0 saturated heterocycles. The number of carbonyl (C=O) groups excluding carboxylic acids is 5. The van der Waals surface area contributed by atoms with Crippen molar-refractivity contribution in [1.29, 1.82) is 0 Å². The van der Waals surface area contributed by atoms with E-state index in [2.05, 4.69) is 21.3 Å². The molecule has 0 unspecified atom stereocenters. The maximum absolute atomic E-state index is 12.9. The van der Waals surface area contributed by atoms with Crippen LogP contribution in [0.15, 0.2) is 54.6 Å². The third kappa shape index (κ3) is 10.2. The van der Waals surface area contributed by atoms with Gasteiger partial charge in [0.15, 0.2) is 0 Å². The molecule has 0 aliphatic heterocycles. The number of aliphatic hydroxyl groups is 1. The van der Waals surface area contributed by atoms with E-state index in [0.29, 0.717) is 11.1 Å². The van der Waals surface area contributed by atoms with E-state index in [1.807, 2.05) is 0 Å². The van der Waals surface area contributed by atoms with E-state index in [9.17, 15) is 34.2 Å². The second-order valence-corrected chi connectivity index (χ2v) is 8.43. The fourth-order valence-electron chi connectivity index (χ4n) is 3.32. The molecule has 0 aliphatic carbocycles. The van der Waals surface area contributed by atoms with Gasteiger partial charge in [-0.25, -0.2) is 0 Å². The average molecular weight is 529 g/mol. The Morgan fingerprint density at radius 3 is 1.95 bits per heavy atom. The summed E-state index contributed by atoms with van der Waals surface area (Å²) in [6.45, 7) is -1.64. The predicted octanol–water partition coefficient (Wildman–Crippen LogP) is -2.82. The van der Waals surface area contributed by atoms with Crippen molar-refractivity contribution in [3.8, 4) is 5.75 Å². The molecule has 5 amide bonds. The summed E-state index contributed by atoms with van der Waals surface area (Å²) in [5, 5.41) is 28.6. The Labute approximate surface area is 219 Å². The molecule has 0 fully saturated rings. The van der Waals surface area contributed by atoms with Crippen LogP contribution in [-0.4, -0.2) is 77.6 Å². The maximum Gasteiger partial charge on any atom is 0.245 e. The fourth-order valence-corrected chi connectivity index (χ4v) is 3.32. The Balaban J connectivity index is 2.03. The molecule has 204 valence electrons. The molecule has 2 rings (SSSR count). The van der Waals surface area contributed by atoms with Crippen LogP contribution in [0.25, 0.3) is 0 Å². The summed E-state index contributed by atoms with van der Waals surface area (Å²) in [6.07, 6.45) is 0.163. The topological polar surface area (TPSA) is 226 Å². The minimum Gasteiger partial charge on any atom is -0.508 e. The minimum atomic E-state index is -1.40. The molecule has 3 atom stereocenters. The summed E-state index contributed by atoms with van der Waals surface area (Å²) >= 11 is 0. The first-order chi connectivity index (χ1) is 18.1. The molecule has 10 N–H and O–H groups in total. The summed E-state index contributed by atoms with van der Waals surface area (Å²) in [4.78, 5) is 60.9.